The molecule has 1 aromatic rings. The Kier molecular flexibility index (Phi) is 3.27. The van der Waals surface area contributed by atoms with Gasteiger partial charge in [0.25, 0.3) is 0 Å². The van der Waals surface area contributed by atoms with E-state index >= 15 is 0 Å². The van der Waals surface area contributed by atoms with Crippen molar-refractivity contribution >= 4 is 5.91 Å². The van der Waals surface area contributed by atoms with E-state index in [9.17, 15) is 4.79 Å². The molecule has 4 nitrogen and oxygen atoms in total. The summed E-state index contributed by atoms with van der Waals surface area (Å²) < 4.78 is 2.02. The second-order valence-corrected chi connectivity index (χ2v) is 4.38. The zero-order valence-electron chi connectivity index (χ0n) is 10.1. The maximum atomic E-state index is 11.8. The van der Waals surface area contributed by atoms with Gasteiger partial charge in [0.15, 0.2) is 0 Å². The highest BCUT2D eigenvalue weighted by atomic mass is 16.2. The molecular weight excluding hydrogens is 202 g/mol. The summed E-state index contributed by atoms with van der Waals surface area (Å²) in [4.78, 5) is 17.9. The van der Waals surface area contributed by atoms with Crippen molar-refractivity contribution in [1.29, 1.82) is 0 Å². The summed E-state index contributed by atoms with van der Waals surface area (Å²) in [6.07, 6.45) is 6.40. The minimum absolute atomic E-state index is 0.160. The third kappa shape index (κ3) is 2.10. The number of hydrogen-bond donors (Lipinski definition) is 0. The highest BCUT2D eigenvalue weighted by molar-refractivity contribution is 5.75. The third-order valence-electron chi connectivity index (χ3n) is 3.32. The Morgan fingerprint density at radius 3 is 3.00 bits per heavy atom. The number of fused-ring (bicyclic) bond motifs is 1. The van der Waals surface area contributed by atoms with Gasteiger partial charge in [-0.1, -0.05) is 0 Å². The van der Waals surface area contributed by atoms with Crippen LogP contribution in [0.1, 0.15) is 31.2 Å². The molecular formula is C12H19N3O. The molecule has 1 aliphatic rings. The molecule has 0 saturated heterocycles. The van der Waals surface area contributed by atoms with Crippen LogP contribution in [0, 0.1) is 0 Å². The van der Waals surface area contributed by atoms with Crippen molar-refractivity contribution < 1.29 is 4.79 Å². The van der Waals surface area contributed by atoms with Gasteiger partial charge < -0.3 is 9.47 Å². The summed E-state index contributed by atoms with van der Waals surface area (Å²) in [5.74, 6) is 0.160. The van der Waals surface area contributed by atoms with Crippen LogP contribution in [0.4, 0.5) is 0 Å². The molecule has 0 atom stereocenters. The molecule has 2 rings (SSSR count). The van der Waals surface area contributed by atoms with E-state index < -0.39 is 0 Å². The number of hydrogen-bond acceptors (Lipinski definition) is 2. The van der Waals surface area contributed by atoms with Gasteiger partial charge in [-0.15, -0.1) is 0 Å². The van der Waals surface area contributed by atoms with Crippen LogP contribution in [0.15, 0.2) is 6.33 Å². The average Bonchev–Trinajstić information content (AvgIpc) is 2.72. The molecule has 16 heavy (non-hydrogen) atoms. The van der Waals surface area contributed by atoms with Gasteiger partial charge in [-0.25, -0.2) is 4.98 Å². The molecule has 0 fully saturated rings. The van der Waals surface area contributed by atoms with Crippen molar-refractivity contribution in [2.45, 2.75) is 39.2 Å². The molecule has 0 spiro atoms. The highest BCUT2D eigenvalue weighted by Crippen LogP contribution is 2.19. The van der Waals surface area contributed by atoms with Gasteiger partial charge in [0.2, 0.25) is 5.91 Å². The zero-order valence-corrected chi connectivity index (χ0v) is 10.1. The summed E-state index contributed by atoms with van der Waals surface area (Å²) in [5, 5.41) is 0. The Balaban J connectivity index is 2.10. The highest BCUT2D eigenvalue weighted by Gasteiger charge is 2.17. The summed E-state index contributed by atoms with van der Waals surface area (Å²) in [7, 11) is 1.84. The van der Waals surface area contributed by atoms with Crippen LogP contribution in [-0.4, -0.2) is 34.0 Å². The minimum atomic E-state index is 0.160. The third-order valence-corrected chi connectivity index (χ3v) is 3.32. The number of likely N-dealkylation sites (N-methyl/N-ethyl adjacent to an activating group) is 1. The van der Waals surface area contributed by atoms with Gasteiger partial charge in [-0.2, -0.15) is 0 Å². The molecule has 0 unspecified atom stereocenters. The van der Waals surface area contributed by atoms with Crippen molar-refractivity contribution in [2.24, 2.45) is 0 Å². The second kappa shape index (κ2) is 4.68. The Bertz CT molecular complexity index is 384. The number of carbonyl (C=O) groups excluding carboxylic acids is 1. The van der Waals surface area contributed by atoms with Crippen molar-refractivity contribution in [3.05, 3.63) is 17.7 Å². The molecule has 0 aliphatic heterocycles. The standard InChI is InChI=1S/C12H19N3O/c1-3-14(2)12(16)8-15-9-13-10-6-4-5-7-11(10)15/h9H,3-8H2,1-2H3. The van der Waals surface area contributed by atoms with Gasteiger partial charge in [-0.05, 0) is 32.6 Å². The molecule has 4 heteroatoms. The van der Waals surface area contributed by atoms with E-state index in [2.05, 4.69) is 4.98 Å². The van der Waals surface area contributed by atoms with Crippen LogP contribution in [0.3, 0.4) is 0 Å². The normalized spacial score (nSPS) is 14.6. The number of rotatable bonds is 3. The van der Waals surface area contributed by atoms with Crippen LogP contribution < -0.4 is 0 Å². The first kappa shape index (κ1) is 11.2. The van der Waals surface area contributed by atoms with Gasteiger partial charge in [-0.3, -0.25) is 4.79 Å². The first-order valence-electron chi connectivity index (χ1n) is 5.99. The number of amides is 1. The van der Waals surface area contributed by atoms with E-state index in [1.54, 1.807) is 4.90 Å². The van der Waals surface area contributed by atoms with Gasteiger partial charge in [0.1, 0.15) is 6.54 Å². The largest absolute Gasteiger partial charge is 0.344 e. The molecule has 1 aliphatic carbocycles. The topological polar surface area (TPSA) is 38.1 Å². The fourth-order valence-corrected chi connectivity index (χ4v) is 2.11. The Labute approximate surface area is 96.3 Å². The molecule has 0 saturated carbocycles. The van der Waals surface area contributed by atoms with Crippen LogP contribution >= 0.6 is 0 Å². The summed E-state index contributed by atoms with van der Waals surface area (Å²) in [5.41, 5.74) is 2.46. The number of aryl methyl sites for hydroxylation is 1. The van der Waals surface area contributed by atoms with Crippen LogP contribution in [0.5, 0.6) is 0 Å². The van der Waals surface area contributed by atoms with E-state index in [0.717, 1.165) is 19.4 Å². The van der Waals surface area contributed by atoms with Crippen LogP contribution in [0.25, 0.3) is 0 Å². The summed E-state index contributed by atoms with van der Waals surface area (Å²) >= 11 is 0. The molecule has 1 heterocycles. The lowest BCUT2D eigenvalue weighted by Gasteiger charge is -2.17. The lowest BCUT2D eigenvalue weighted by atomic mass is 10.0. The second-order valence-electron chi connectivity index (χ2n) is 4.38. The van der Waals surface area contributed by atoms with Crippen molar-refractivity contribution in [1.82, 2.24) is 14.5 Å². The fourth-order valence-electron chi connectivity index (χ4n) is 2.11. The van der Waals surface area contributed by atoms with Crippen LogP contribution in [0.2, 0.25) is 0 Å². The average molecular weight is 221 g/mol. The first-order chi connectivity index (χ1) is 7.72. The van der Waals surface area contributed by atoms with E-state index in [1.165, 1.54) is 24.2 Å². The number of imidazole rings is 1. The quantitative estimate of drug-likeness (QED) is 0.770. The molecule has 1 aromatic heterocycles. The molecule has 0 bridgehead atoms. The summed E-state index contributed by atoms with van der Waals surface area (Å²) in [6, 6.07) is 0. The van der Waals surface area contributed by atoms with E-state index in [-0.39, 0.29) is 5.91 Å². The Morgan fingerprint density at radius 2 is 2.25 bits per heavy atom. The first-order valence-corrected chi connectivity index (χ1v) is 5.99. The Morgan fingerprint density at radius 1 is 1.50 bits per heavy atom. The predicted octanol–water partition coefficient (Wildman–Crippen LogP) is 1.24. The summed E-state index contributed by atoms with van der Waals surface area (Å²) in [6.45, 7) is 3.18. The van der Waals surface area contributed by atoms with Gasteiger partial charge >= 0.3 is 0 Å². The Hall–Kier alpha value is -1.32. The smallest absolute Gasteiger partial charge is 0.242 e. The molecule has 0 N–H and O–H groups in total. The van der Waals surface area contributed by atoms with E-state index in [0.29, 0.717) is 6.54 Å². The van der Waals surface area contributed by atoms with E-state index in [1.807, 2.05) is 24.9 Å². The van der Waals surface area contributed by atoms with Gasteiger partial charge in [0.05, 0.1) is 12.0 Å². The molecule has 1 amide bonds. The predicted molar refractivity (Wildman–Crippen MR) is 62.2 cm³/mol. The maximum Gasteiger partial charge on any atom is 0.242 e. The van der Waals surface area contributed by atoms with E-state index in [4.69, 9.17) is 0 Å². The number of aromatic nitrogens is 2. The molecule has 88 valence electrons. The number of nitrogens with zero attached hydrogens (tertiary/aromatic N) is 3. The monoisotopic (exact) mass is 221 g/mol. The minimum Gasteiger partial charge on any atom is -0.344 e. The maximum absolute atomic E-state index is 11.8. The zero-order chi connectivity index (χ0) is 11.5. The fraction of sp³-hybridized carbons (Fsp3) is 0.667. The molecule has 0 radical (unpaired) electrons. The lowest BCUT2D eigenvalue weighted by Crippen LogP contribution is -2.30. The SMILES string of the molecule is CCN(C)C(=O)Cn1cnc2c1CCCC2. The van der Waals surface area contributed by atoms with Crippen molar-refractivity contribution in [3.63, 3.8) is 0 Å². The van der Waals surface area contributed by atoms with Crippen molar-refractivity contribution in [3.8, 4) is 0 Å². The van der Waals surface area contributed by atoms with Crippen molar-refractivity contribution in [2.75, 3.05) is 13.6 Å². The number of carbonyl (C=O) groups is 1. The van der Waals surface area contributed by atoms with Gasteiger partial charge in [0, 0.05) is 19.3 Å². The lowest BCUT2D eigenvalue weighted by molar-refractivity contribution is -0.130. The molecule has 0 aromatic carbocycles. The van der Waals surface area contributed by atoms with Crippen LogP contribution in [-0.2, 0) is 24.2 Å².